The van der Waals surface area contributed by atoms with Crippen LogP contribution >= 0.6 is 11.8 Å². The smallest absolute Gasteiger partial charge is 0.238 e. The Labute approximate surface area is 208 Å². The fourth-order valence-corrected chi connectivity index (χ4v) is 4.81. The third kappa shape index (κ3) is 5.17. The molecule has 7 nitrogen and oxygen atoms in total. The fourth-order valence-electron chi connectivity index (χ4n) is 3.75. The number of carbonyl (C=O) groups is 1. The summed E-state index contributed by atoms with van der Waals surface area (Å²) in [5.74, 6) is 2.18. The van der Waals surface area contributed by atoms with E-state index in [1.165, 1.54) is 11.8 Å². The number of benzene rings is 3. The second kappa shape index (κ2) is 10.2. The van der Waals surface area contributed by atoms with Crippen LogP contribution < -0.4 is 14.8 Å². The van der Waals surface area contributed by atoms with Gasteiger partial charge in [-0.15, -0.1) is 10.2 Å². The molecule has 1 heterocycles. The van der Waals surface area contributed by atoms with Crippen molar-refractivity contribution in [3.05, 3.63) is 84.4 Å². The summed E-state index contributed by atoms with van der Waals surface area (Å²) in [6.07, 6.45) is 2.06. The van der Waals surface area contributed by atoms with Crippen LogP contribution in [0.15, 0.2) is 84.0 Å². The van der Waals surface area contributed by atoms with Crippen molar-refractivity contribution in [2.24, 2.45) is 0 Å². The summed E-state index contributed by atoms with van der Waals surface area (Å²) in [5.41, 5.74) is 2.68. The number of rotatable bonds is 9. The molecule has 1 amide bonds. The van der Waals surface area contributed by atoms with Gasteiger partial charge in [0.05, 0.1) is 14.2 Å². The first-order valence-electron chi connectivity index (χ1n) is 11.4. The van der Waals surface area contributed by atoms with Crippen molar-refractivity contribution < 1.29 is 14.3 Å². The minimum atomic E-state index is -0.457. The maximum Gasteiger partial charge on any atom is 0.238 e. The maximum atomic E-state index is 13.3. The molecule has 0 bridgehead atoms. The average molecular weight is 487 g/mol. The number of aromatic nitrogens is 3. The van der Waals surface area contributed by atoms with E-state index in [0.717, 1.165) is 41.2 Å². The van der Waals surface area contributed by atoms with Gasteiger partial charge in [0.25, 0.3) is 0 Å². The highest BCUT2D eigenvalue weighted by atomic mass is 32.2. The lowest BCUT2D eigenvalue weighted by Crippen LogP contribution is -2.29. The molecule has 5 rings (SSSR count). The number of thioether (sulfide) groups is 1. The van der Waals surface area contributed by atoms with Crippen molar-refractivity contribution in [3.8, 4) is 28.6 Å². The highest BCUT2D eigenvalue weighted by Gasteiger charge is 2.31. The Bertz CT molecular complexity index is 1290. The monoisotopic (exact) mass is 486 g/mol. The zero-order valence-corrected chi connectivity index (χ0v) is 20.4. The molecular formula is C27H26N4O3S. The Morgan fingerprint density at radius 2 is 1.54 bits per heavy atom. The Kier molecular flexibility index (Phi) is 6.72. The second-order valence-corrected chi connectivity index (χ2v) is 9.33. The molecule has 1 aliphatic rings. The van der Waals surface area contributed by atoms with Crippen LogP contribution in [-0.4, -0.2) is 40.9 Å². The van der Waals surface area contributed by atoms with Gasteiger partial charge in [0.2, 0.25) is 5.91 Å². The zero-order valence-electron chi connectivity index (χ0n) is 19.5. The van der Waals surface area contributed by atoms with Gasteiger partial charge in [0, 0.05) is 17.3 Å². The largest absolute Gasteiger partial charge is 0.497 e. The number of nitrogens with one attached hydrogen (secondary N) is 1. The Morgan fingerprint density at radius 3 is 2.14 bits per heavy atom. The third-order valence-electron chi connectivity index (χ3n) is 5.80. The van der Waals surface area contributed by atoms with E-state index in [1.54, 1.807) is 14.2 Å². The third-order valence-corrected chi connectivity index (χ3v) is 7.00. The van der Waals surface area contributed by atoms with Crippen LogP contribution in [0.25, 0.3) is 17.1 Å². The van der Waals surface area contributed by atoms with E-state index in [1.807, 2.05) is 83.4 Å². The number of amides is 1. The lowest BCUT2D eigenvalue weighted by Gasteiger charge is -2.18. The van der Waals surface area contributed by atoms with Crippen LogP contribution in [0.2, 0.25) is 0 Å². The van der Waals surface area contributed by atoms with Gasteiger partial charge in [-0.05, 0) is 66.9 Å². The highest BCUT2D eigenvalue weighted by Crippen LogP contribution is 2.38. The van der Waals surface area contributed by atoms with Crippen LogP contribution in [-0.2, 0) is 4.79 Å². The summed E-state index contributed by atoms with van der Waals surface area (Å²) in [6, 6.07) is 25.5. The first kappa shape index (κ1) is 23.0. The van der Waals surface area contributed by atoms with Crippen molar-refractivity contribution in [2.45, 2.75) is 29.3 Å². The molecule has 3 aromatic carbocycles. The number of hydrogen-bond acceptors (Lipinski definition) is 6. The molecular weight excluding hydrogens is 460 g/mol. The van der Waals surface area contributed by atoms with Gasteiger partial charge in [0.15, 0.2) is 11.0 Å². The second-order valence-electron chi connectivity index (χ2n) is 8.26. The first-order chi connectivity index (χ1) is 17.2. The van der Waals surface area contributed by atoms with Crippen LogP contribution in [0.5, 0.6) is 11.5 Å². The molecule has 4 aromatic rings. The minimum Gasteiger partial charge on any atom is -0.497 e. The number of carbonyl (C=O) groups excluding carboxylic acids is 1. The van der Waals surface area contributed by atoms with Gasteiger partial charge in [0.1, 0.15) is 16.7 Å². The molecule has 1 fully saturated rings. The molecule has 35 heavy (non-hydrogen) atoms. The van der Waals surface area contributed by atoms with Crippen molar-refractivity contribution in [2.75, 3.05) is 14.2 Å². The van der Waals surface area contributed by atoms with E-state index in [0.29, 0.717) is 11.0 Å². The van der Waals surface area contributed by atoms with Gasteiger partial charge in [-0.25, -0.2) is 0 Å². The standard InChI is InChI=1S/C27H26N4O3S/c1-33-22-14-8-19(9-15-22)25-29-30-27(31(25)21-12-16-23(34-2)17-13-21)35-24(18-6-4-3-5-7-18)26(32)28-20-10-11-20/h3-9,12-17,20,24H,10-11H2,1-2H3,(H,28,32)/t24-/m1/s1. The summed E-state index contributed by atoms with van der Waals surface area (Å²) >= 11 is 1.40. The van der Waals surface area contributed by atoms with Crippen LogP contribution in [0, 0.1) is 0 Å². The summed E-state index contributed by atoms with van der Waals surface area (Å²) in [5, 5.41) is 12.4. The fraction of sp³-hybridized carbons (Fsp3) is 0.222. The Hall–Kier alpha value is -3.78. The zero-order chi connectivity index (χ0) is 24.2. The quantitative estimate of drug-likeness (QED) is 0.333. The van der Waals surface area contributed by atoms with Crippen molar-refractivity contribution in [1.82, 2.24) is 20.1 Å². The number of methoxy groups -OCH3 is 2. The van der Waals surface area contributed by atoms with E-state index in [4.69, 9.17) is 9.47 Å². The van der Waals surface area contributed by atoms with E-state index in [2.05, 4.69) is 15.5 Å². The molecule has 1 atom stereocenters. The predicted molar refractivity (Wildman–Crippen MR) is 136 cm³/mol. The molecule has 0 spiro atoms. The van der Waals surface area contributed by atoms with Gasteiger partial charge in [-0.1, -0.05) is 42.1 Å². The van der Waals surface area contributed by atoms with Crippen LogP contribution in [0.1, 0.15) is 23.7 Å². The van der Waals surface area contributed by atoms with Crippen molar-refractivity contribution in [1.29, 1.82) is 0 Å². The SMILES string of the molecule is COc1ccc(-c2nnc(S[C@@H](C(=O)NC3CC3)c3ccccc3)n2-c2ccc(OC)cc2)cc1. The highest BCUT2D eigenvalue weighted by molar-refractivity contribution is 8.00. The van der Waals surface area contributed by atoms with Gasteiger partial charge < -0.3 is 14.8 Å². The van der Waals surface area contributed by atoms with Crippen LogP contribution in [0.3, 0.4) is 0 Å². The summed E-state index contributed by atoms with van der Waals surface area (Å²) in [4.78, 5) is 13.3. The molecule has 0 saturated heterocycles. The lowest BCUT2D eigenvalue weighted by molar-refractivity contribution is -0.120. The summed E-state index contributed by atoms with van der Waals surface area (Å²) < 4.78 is 12.6. The molecule has 1 aliphatic carbocycles. The lowest BCUT2D eigenvalue weighted by atomic mass is 10.1. The van der Waals surface area contributed by atoms with Gasteiger partial charge >= 0.3 is 0 Å². The van der Waals surface area contributed by atoms with Crippen LogP contribution in [0.4, 0.5) is 0 Å². The molecule has 178 valence electrons. The molecule has 1 N–H and O–H groups in total. The molecule has 0 unspecified atom stereocenters. The topological polar surface area (TPSA) is 78.3 Å². The summed E-state index contributed by atoms with van der Waals surface area (Å²) in [7, 11) is 3.28. The van der Waals surface area contributed by atoms with E-state index in [-0.39, 0.29) is 11.9 Å². The molecule has 0 aliphatic heterocycles. The maximum absolute atomic E-state index is 13.3. The molecule has 8 heteroatoms. The van der Waals surface area contributed by atoms with E-state index >= 15 is 0 Å². The van der Waals surface area contributed by atoms with Gasteiger partial charge in [-0.3, -0.25) is 9.36 Å². The molecule has 1 aromatic heterocycles. The number of ether oxygens (including phenoxy) is 2. The average Bonchev–Trinajstić information content (AvgIpc) is 3.63. The molecule has 0 radical (unpaired) electrons. The normalized spacial score (nSPS) is 13.8. The van der Waals surface area contributed by atoms with E-state index < -0.39 is 5.25 Å². The van der Waals surface area contributed by atoms with E-state index in [9.17, 15) is 4.79 Å². The minimum absolute atomic E-state index is 0.0148. The molecule has 1 saturated carbocycles. The summed E-state index contributed by atoms with van der Waals surface area (Å²) in [6.45, 7) is 0. The number of hydrogen-bond donors (Lipinski definition) is 1. The van der Waals surface area contributed by atoms with Crippen molar-refractivity contribution >= 4 is 17.7 Å². The van der Waals surface area contributed by atoms with Crippen molar-refractivity contribution in [3.63, 3.8) is 0 Å². The first-order valence-corrected chi connectivity index (χ1v) is 12.3. The van der Waals surface area contributed by atoms with Gasteiger partial charge in [-0.2, -0.15) is 0 Å². The number of nitrogens with zero attached hydrogens (tertiary/aromatic N) is 3. The Balaban J connectivity index is 1.57. The Morgan fingerprint density at radius 1 is 0.914 bits per heavy atom. The predicted octanol–water partition coefficient (Wildman–Crippen LogP) is 5.06.